The van der Waals surface area contributed by atoms with Gasteiger partial charge in [-0.3, -0.25) is 4.99 Å². The summed E-state index contributed by atoms with van der Waals surface area (Å²) in [6.45, 7) is 3.53. The van der Waals surface area contributed by atoms with E-state index in [1.54, 1.807) is 24.6 Å². The summed E-state index contributed by atoms with van der Waals surface area (Å²) in [5.41, 5.74) is 0.138. The van der Waals surface area contributed by atoms with Crippen LogP contribution in [0.3, 0.4) is 0 Å². The van der Waals surface area contributed by atoms with Crippen LogP contribution in [0, 0.1) is 6.92 Å². The molecule has 0 radical (unpaired) electrons. The fourth-order valence-corrected chi connectivity index (χ4v) is 3.86. The summed E-state index contributed by atoms with van der Waals surface area (Å²) in [5, 5.41) is 9.41. The van der Waals surface area contributed by atoms with Crippen LogP contribution >= 0.6 is 23.2 Å². The monoisotopic (exact) mass is 440 g/mol. The Labute approximate surface area is 173 Å². The van der Waals surface area contributed by atoms with E-state index < -0.39 is 22.8 Å². The fourth-order valence-electron chi connectivity index (χ4n) is 3.31. The molecule has 1 aromatic carbocycles. The van der Waals surface area contributed by atoms with E-state index in [1.807, 2.05) is 0 Å². The van der Waals surface area contributed by atoms with E-state index in [0.29, 0.717) is 17.2 Å². The second kappa shape index (κ2) is 6.74. The lowest BCUT2D eigenvalue weighted by molar-refractivity contribution is -0.137. The lowest BCUT2D eigenvalue weighted by Crippen LogP contribution is -2.14. The number of aromatic hydroxyl groups is 1. The Morgan fingerprint density at radius 2 is 1.83 bits per heavy atom. The lowest BCUT2D eigenvalue weighted by atomic mass is 10.0. The van der Waals surface area contributed by atoms with Gasteiger partial charge in [-0.05, 0) is 32.0 Å². The normalized spacial score (nSPS) is 16.1. The zero-order valence-electron chi connectivity index (χ0n) is 15.1. The molecule has 0 aliphatic carbocycles. The van der Waals surface area contributed by atoms with Crippen LogP contribution in [0.5, 0.6) is 5.88 Å². The van der Waals surface area contributed by atoms with Crippen molar-refractivity contribution in [2.24, 2.45) is 4.99 Å². The molecule has 0 unspecified atom stereocenters. The van der Waals surface area contributed by atoms with Crippen molar-refractivity contribution in [2.75, 3.05) is 0 Å². The maximum Gasteiger partial charge on any atom is 0.417 e. The molecule has 0 saturated carbocycles. The van der Waals surface area contributed by atoms with Crippen molar-refractivity contribution in [1.82, 2.24) is 14.5 Å². The van der Waals surface area contributed by atoms with Crippen LogP contribution in [0.15, 0.2) is 35.5 Å². The van der Waals surface area contributed by atoms with Crippen LogP contribution in [0.1, 0.15) is 41.3 Å². The number of pyridine rings is 1. The molecular weight excluding hydrogens is 428 g/mol. The molecule has 1 aliphatic heterocycles. The lowest BCUT2D eigenvalue weighted by Gasteiger charge is -2.18. The molecule has 0 fully saturated rings. The quantitative estimate of drug-likeness (QED) is 0.541. The summed E-state index contributed by atoms with van der Waals surface area (Å²) >= 11 is 12.5. The molecule has 2 aromatic heterocycles. The van der Waals surface area contributed by atoms with E-state index in [0.717, 1.165) is 6.07 Å². The number of rotatable bonds is 1. The number of aromatic nitrogens is 3. The Hall–Kier alpha value is -2.58. The number of aryl methyl sites for hydroxylation is 1. The number of nitrogens with zero attached hydrogens (tertiary/aromatic N) is 4. The molecule has 3 aromatic rings. The summed E-state index contributed by atoms with van der Waals surface area (Å²) < 4.78 is 42.3. The number of alkyl halides is 3. The van der Waals surface area contributed by atoms with Gasteiger partial charge in [0, 0.05) is 17.8 Å². The molecule has 4 rings (SSSR count). The van der Waals surface area contributed by atoms with Crippen molar-refractivity contribution in [1.29, 1.82) is 0 Å². The second-order valence-corrected chi connectivity index (χ2v) is 7.37. The van der Waals surface area contributed by atoms with Crippen LogP contribution in [0.4, 0.5) is 13.2 Å². The summed E-state index contributed by atoms with van der Waals surface area (Å²) in [7, 11) is 0. The predicted molar refractivity (Wildman–Crippen MR) is 103 cm³/mol. The van der Waals surface area contributed by atoms with Gasteiger partial charge in [0.1, 0.15) is 17.6 Å². The zero-order chi connectivity index (χ0) is 21.1. The number of aliphatic imine (C=N–C) groups is 1. The number of fused-ring (bicyclic) bond motifs is 3. The molecule has 0 spiro atoms. The average Bonchev–Trinajstić information content (AvgIpc) is 2.98. The summed E-state index contributed by atoms with van der Waals surface area (Å²) in [6.07, 6.45) is -2.97. The molecule has 29 heavy (non-hydrogen) atoms. The molecular formula is C19H13Cl2F3N4O. The Kier molecular flexibility index (Phi) is 4.59. The number of halogens is 5. The van der Waals surface area contributed by atoms with Gasteiger partial charge in [0.15, 0.2) is 0 Å². The van der Waals surface area contributed by atoms with Crippen molar-refractivity contribution in [3.63, 3.8) is 0 Å². The number of hydrogen-bond acceptors (Lipinski definition) is 4. The van der Waals surface area contributed by atoms with Crippen molar-refractivity contribution in [3.05, 3.63) is 68.8 Å². The highest BCUT2D eigenvalue weighted by atomic mass is 35.5. The molecule has 0 amide bonds. The van der Waals surface area contributed by atoms with Crippen LogP contribution < -0.4 is 0 Å². The molecule has 1 atom stereocenters. The zero-order valence-corrected chi connectivity index (χ0v) is 16.6. The fraction of sp³-hybridized carbons (Fsp3) is 0.211. The van der Waals surface area contributed by atoms with E-state index in [1.165, 1.54) is 18.2 Å². The first-order valence-electron chi connectivity index (χ1n) is 8.48. The van der Waals surface area contributed by atoms with E-state index in [9.17, 15) is 18.3 Å². The number of imidazole rings is 1. The van der Waals surface area contributed by atoms with Gasteiger partial charge in [-0.25, -0.2) is 9.97 Å². The van der Waals surface area contributed by atoms with Gasteiger partial charge in [0.05, 0.1) is 32.7 Å². The number of benzene rings is 1. The van der Waals surface area contributed by atoms with Crippen LogP contribution in [-0.4, -0.2) is 25.4 Å². The smallest absolute Gasteiger partial charge is 0.417 e. The maximum absolute atomic E-state index is 13.5. The number of hydrogen-bond donors (Lipinski definition) is 1. The summed E-state index contributed by atoms with van der Waals surface area (Å²) in [5.74, 6) is 0.188. The Morgan fingerprint density at radius 1 is 1.10 bits per heavy atom. The highest BCUT2D eigenvalue weighted by Crippen LogP contribution is 2.42. The molecule has 3 heterocycles. The molecule has 5 nitrogen and oxygen atoms in total. The van der Waals surface area contributed by atoms with Gasteiger partial charge < -0.3 is 9.67 Å². The van der Waals surface area contributed by atoms with Gasteiger partial charge in [-0.15, -0.1) is 0 Å². The summed E-state index contributed by atoms with van der Waals surface area (Å²) in [4.78, 5) is 13.0. The van der Waals surface area contributed by atoms with E-state index in [4.69, 9.17) is 23.2 Å². The van der Waals surface area contributed by atoms with Crippen molar-refractivity contribution < 1.29 is 18.3 Å². The van der Waals surface area contributed by atoms with Crippen LogP contribution in [0.2, 0.25) is 10.0 Å². The van der Waals surface area contributed by atoms with Gasteiger partial charge in [-0.1, -0.05) is 23.2 Å². The first kappa shape index (κ1) is 19.7. The first-order valence-corrected chi connectivity index (χ1v) is 9.23. The minimum absolute atomic E-state index is 0.0180. The third kappa shape index (κ3) is 3.26. The molecule has 1 aliphatic rings. The minimum Gasteiger partial charge on any atom is -0.493 e. The van der Waals surface area contributed by atoms with Gasteiger partial charge in [-0.2, -0.15) is 13.2 Å². The van der Waals surface area contributed by atoms with E-state index >= 15 is 0 Å². The Morgan fingerprint density at radius 3 is 2.52 bits per heavy atom. The third-order valence-corrected chi connectivity index (χ3v) is 5.22. The van der Waals surface area contributed by atoms with Gasteiger partial charge >= 0.3 is 6.18 Å². The topological polar surface area (TPSA) is 63.3 Å². The van der Waals surface area contributed by atoms with Gasteiger partial charge in [0.25, 0.3) is 0 Å². The first-order chi connectivity index (χ1) is 13.6. The van der Waals surface area contributed by atoms with Crippen molar-refractivity contribution >= 4 is 28.9 Å². The second-order valence-electron chi connectivity index (χ2n) is 6.58. The van der Waals surface area contributed by atoms with Crippen molar-refractivity contribution in [3.8, 4) is 11.6 Å². The molecule has 0 saturated heterocycles. The SMILES string of the molecule is Cc1cn2c(n1)[C@H](C)N=C(c1nc(O)ccc1Cl)c1c-2ccc(C(F)(F)F)c1Cl. The molecule has 0 bridgehead atoms. The minimum atomic E-state index is -4.67. The highest BCUT2D eigenvalue weighted by Gasteiger charge is 2.37. The standard InChI is InChI=1S/C19H13Cl2F3N4O/c1-8-7-28-12-5-3-10(19(22,23)24)15(21)14(12)17(26-9(2)18(28)25-8)16-11(20)4-6-13(29)27-16/h3-7,9H,1-2H3,(H,27,29)/t9-/m0/s1. The Bertz CT molecular complexity index is 1170. The largest absolute Gasteiger partial charge is 0.493 e. The van der Waals surface area contributed by atoms with Crippen molar-refractivity contribution in [2.45, 2.75) is 26.1 Å². The third-order valence-electron chi connectivity index (χ3n) is 4.53. The molecule has 150 valence electrons. The maximum atomic E-state index is 13.5. The molecule has 10 heteroatoms. The molecule has 1 N–H and O–H groups in total. The van der Waals surface area contributed by atoms with Crippen LogP contribution in [0.25, 0.3) is 5.69 Å². The van der Waals surface area contributed by atoms with E-state index in [2.05, 4.69) is 15.0 Å². The highest BCUT2D eigenvalue weighted by molar-refractivity contribution is 6.39. The van der Waals surface area contributed by atoms with Crippen LogP contribution in [-0.2, 0) is 6.18 Å². The van der Waals surface area contributed by atoms with Gasteiger partial charge in [0.2, 0.25) is 5.88 Å². The van der Waals surface area contributed by atoms with E-state index in [-0.39, 0.29) is 27.9 Å². The average molecular weight is 441 g/mol. The Balaban J connectivity index is 2.12. The summed E-state index contributed by atoms with van der Waals surface area (Å²) in [6, 6.07) is 4.37. The predicted octanol–water partition coefficient (Wildman–Crippen LogP) is 5.52.